The van der Waals surface area contributed by atoms with Crippen LogP contribution in [0, 0.1) is 0 Å². The minimum Gasteiger partial charge on any atom is -0.490 e. The molecule has 0 N–H and O–H groups in total. The molecule has 2 aromatic rings. The summed E-state index contributed by atoms with van der Waals surface area (Å²) in [6.07, 6.45) is 1.25. The van der Waals surface area contributed by atoms with Crippen molar-refractivity contribution in [2.75, 3.05) is 19.0 Å². The van der Waals surface area contributed by atoms with E-state index in [-0.39, 0.29) is 12.5 Å². The smallest absolute Gasteiger partial charge is 0.338 e. The van der Waals surface area contributed by atoms with Gasteiger partial charge in [0.1, 0.15) is 6.61 Å². The largest absolute Gasteiger partial charge is 0.490 e. The molecule has 2 aliphatic rings. The number of nitrogens with zero attached hydrogens (tertiary/aromatic N) is 2. The molecule has 1 atom stereocenters. The van der Waals surface area contributed by atoms with Crippen molar-refractivity contribution in [2.24, 2.45) is 4.99 Å². The van der Waals surface area contributed by atoms with Gasteiger partial charge in [-0.2, -0.15) is 0 Å². The molecule has 4 rings (SSSR count). The number of amides is 1. The predicted molar refractivity (Wildman–Crippen MR) is 136 cm³/mol. The number of hydrogen-bond acceptors (Lipinski definition) is 7. The highest BCUT2D eigenvalue weighted by Crippen LogP contribution is 2.42. The first-order valence-electron chi connectivity index (χ1n) is 11.9. The molecule has 35 heavy (non-hydrogen) atoms. The summed E-state index contributed by atoms with van der Waals surface area (Å²) in [5.41, 5.74) is 2.53. The minimum atomic E-state index is -0.662. The van der Waals surface area contributed by atoms with Crippen LogP contribution in [0.1, 0.15) is 50.8 Å². The van der Waals surface area contributed by atoms with Gasteiger partial charge >= 0.3 is 5.97 Å². The van der Waals surface area contributed by atoms with Gasteiger partial charge in [0.15, 0.2) is 16.7 Å². The second kappa shape index (κ2) is 11.4. The normalized spacial score (nSPS) is 17.6. The third-order valence-corrected chi connectivity index (χ3v) is 6.64. The first kappa shape index (κ1) is 24.9. The zero-order chi connectivity index (χ0) is 24.8. The Kier molecular flexibility index (Phi) is 8.13. The number of esters is 1. The van der Waals surface area contributed by atoms with Gasteiger partial charge in [0.2, 0.25) is 5.91 Å². The molecule has 1 saturated heterocycles. The van der Waals surface area contributed by atoms with E-state index in [0.717, 1.165) is 17.5 Å². The molecular weight excluding hydrogens is 464 g/mol. The van der Waals surface area contributed by atoms with Crippen LogP contribution in [0.15, 0.2) is 64.8 Å². The van der Waals surface area contributed by atoms with E-state index in [9.17, 15) is 9.59 Å². The third-order valence-electron chi connectivity index (χ3n) is 5.68. The molecule has 0 aromatic heterocycles. The molecule has 0 spiro atoms. The van der Waals surface area contributed by atoms with Crippen LogP contribution < -0.4 is 9.47 Å². The fraction of sp³-hybridized carbons (Fsp3) is 0.370. The molecule has 0 aliphatic carbocycles. The maximum atomic E-state index is 13.4. The van der Waals surface area contributed by atoms with Crippen molar-refractivity contribution < 1.29 is 23.8 Å². The molecule has 0 bridgehead atoms. The highest BCUT2D eigenvalue weighted by molar-refractivity contribution is 8.14. The molecule has 2 aromatic carbocycles. The van der Waals surface area contributed by atoms with Gasteiger partial charge in [-0.1, -0.05) is 55.1 Å². The van der Waals surface area contributed by atoms with Crippen LogP contribution in [0.25, 0.3) is 0 Å². The number of thioether (sulfide) groups is 1. The van der Waals surface area contributed by atoms with E-state index in [1.807, 2.05) is 62.4 Å². The highest BCUT2D eigenvalue weighted by atomic mass is 32.2. The molecule has 1 amide bonds. The molecule has 0 unspecified atom stereocenters. The van der Waals surface area contributed by atoms with Crippen molar-refractivity contribution in [3.63, 3.8) is 0 Å². The van der Waals surface area contributed by atoms with E-state index in [1.165, 1.54) is 11.8 Å². The lowest BCUT2D eigenvalue weighted by atomic mass is 9.93. The quantitative estimate of drug-likeness (QED) is 0.442. The molecular formula is C27H30N2O5S. The second-order valence-corrected chi connectivity index (χ2v) is 9.27. The summed E-state index contributed by atoms with van der Waals surface area (Å²) < 4.78 is 17.4. The number of carbonyl (C=O) groups is 2. The molecule has 0 radical (unpaired) electrons. The Morgan fingerprint density at radius 3 is 2.66 bits per heavy atom. The monoisotopic (exact) mass is 494 g/mol. The van der Waals surface area contributed by atoms with Gasteiger partial charge in [-0.05, 0) is 43.5 Å². The van der Waals surface area contributed by atoms with Crippen LogP contribution in [-0.4, -0.2) is 40.9 Å². The van der Waals surface area contributed by atoms with Gasteiger partial charge in [-0.25, -0.2) is 9.79 Å². The summed E-state index contributed by atoms with van der Waals surface area (Å²) in [7, 11) is 0. The standard InChI is InChI=1S/C27H30N2O5S/c1-4-14-33-21-12-11-20(16-22(21)32-5-2)25-24(26(31)34-17-19-9-7-6-8-10-19)18(3)28-27-29(25)23(30)13-15-35-27/h6-12,16,25H,4-5,13-15,17H2,1-3H3/t25-/m0/s1. The summed E-state index contributed by atoms with van der Waals surface area (Å²) in [6, 6.07) is 14.4. The van der Waals surface area contributed by atoms with Crippen molar-refractivity contribution in [3.05, 3.63) is 70.9 Å². The molecule has 2 aliphatic heterocycles. The van der Waals surface area contributed by atoms with Gasteiger partial charge in [0, 0.05) is 12.2 Å². The first-order chi connectivity index (χ1) is 17.0. The Balaban J connectivity index is 1.73. The Bertz CT molecular complexity index is 1150. The molecule has 1 fully saturated rings. The van der Waals surface area contributed by atoms with Crippen molar-refractivity contribution in [3.8, 4) is 11.5 Å². The van der Waals surface area contributed by atoms with Gasteiger partial charge in [0.25, 0.3) is 0 Å². The number of benzene rings is 2. The van der Waals surface area contributed by atoms with Crippen LogP contribution in [0.3, 0.4) is 0 Å². The number of rotatable bonds is 9. The van der Waals surface area contributed by atoms with Gasteiger partial charge < -0.3 is 14.2 Å². The Labute approximate surface area is 210 Å². The number of ether oxygens (including phenoxy) is 3. The van der Waals surface area contributed by atoms with Crippen LogP contribution >= 0.6 is 11.8 Å². The van der Waals surface area contributed by atoms with Crippen LogP contribution in [0.2, 0.25) is 0 Å². The van der Waals surface area contributed by atoms with E-state index >= 15 is 0 Å². The predicted octanol–water partition coefficient (Wildman–Crippen LogP) is 5.27. The number of allylic oxidation sites excluding steroid dienone is 1. The van der Waals surface area contributed by atoms with E-state index < -0.39 is 12.0 Å². The summed E-state index contributed by atoms with van der Waals surface area (Å²) in [5, 5.41) is 0.604. The fourth-order valence-electron chi connectivity index (χ4n) is 4.07. The lowest BCUT2D eigenvalue weighted by Gasteiger charge is -2.39. The molecule has 8 heteroatoms. The minimum absolute atomic E-state index is 0.0716. The van der Waals surface area contributed by atoms with Gasteiger partial charge in [-0.15, -0.1) is 0 Å². The average molecular weight is 495 g/mol. The van der Waals surface area contributed by atoms with Gasteiger partial charge in [0.05, 0.1) is 30.5 Å². The van der Waals surface area contributed by atoms with E-state index in [0.29, 0.717) is 53.3 Å². The molecule has 7 nitrogen and oxygen atoms in total. The number of fused-ring (bicyclic) bond motifs is 1. The van der Waals surface area contributed by atoms with Crippen LogP contribution in [0.4, 0.5) is 0 Å². The zero-order valence-electron chi connectivity index (χ0n) is 20.3. The highest BCUT2D eigenvalue weighted by Gasteiger charge is 2.42. The number of hydrogen-bond donors (Lipinski definition) is 0. The Morgan fingerprint density at radius 1 is 1.11 bits per heavy atom. The van der Waals surface area contributed by atoms with E-state index in [2.05, 4.69) is 4.99 Å². The van der Waals surface area contributed by atoms with Gasteiger partial charge in [-0.3, -0.25) is 9.69 Å². The van der Waals surface area contributed by atoms with Crippen LogP contribution in [-0.2, 0) is 20.9 Å². The summed E-state index contributed by atoms with van der Waals surface area (Å²) in [6.45, 7) is 6.90. The first-order valence-corrected chi connectivity index (χ1v) is 12.9. The summed E-state index contributed by atoms with van der Waals surface area (Å²) >= 11 is 1.52. The van der Waals surface area contributed by atoms with Crippen molar-refractivity contribution in [1.29, 1.82) is 0 Å². The Morgan fingerprint density at radius 2 is 1.91 bits per heavy atom. The zero-order valence-corrected chi connectivity index (χ0v) is 21.1. The Hall–Kier alpha value is -3.26. The average Bonchev–Trinajstić information content (AvgIpc) is 2.86. The number of carbonyl (C=O) groups excluding carboxylic acids is 2. The lowest BCUT2D eigenvalue weighted by Crippen LogP contribution is -2.45. The van der Waals surface area contributed by atoms with Crippen molar-refractivity contribution in [2.45, 2.75) is 46.3 Å². The lowest BCUT2D eigenvalue weighted by molar-refractivity contribution is -0.141. The fourth-order valence-corrected chi connectivity index (χ4v) is 5.07. The topological polar surface area (TPSA) is 77.4 Å². The third kappa shape index (κ3) is 5.53. The summed E-state index contributed by atoms with van der Waals surface area (Å²) in [4.78, 5) is 32.7. The number of amidine groups is 1. The molecule has 0 saturated carbocycles. The molecule has 2 heterocycles. The van der Waals surface area contributed by atoms with Crippen LogP contribution in [0.5, 0.6) is 11.5 Å². The van der Waals surface area contributed by atoms with E-state index in [1.54, 1.807) is 11.8 Å². The maximum absolute atomic E-state index is 13.4. The summed E-state index contributed by atoms with van der Waals surface area (Å²) in [5.74, 6) is 1.31. The molecule has 184 valence electrons. The van der Waals surface area contributed by atoms with Crippen molar-refractivity contribution in [1.82, 2.24) is 4.90 Å². The SMILES string of the molecule is CCCOc1ccc([C@H]2C(C(=O)OCc3ccccc3)=C(C)N=C3SCCC(=O)N32)cc1OCC. The van der Waals surface area contributed by atoms with Crippen molar-refractivity contribution >= 4 is 28.8 Å². The van der Waals surface area contributed by atoms with E-state index in [4.69, 9.17) is 14.2 Å². The second-order valence-electron chi connectivity index (χ2n) is 8.21. The maximum Gasteiger partial charge on any atom is 0.338 e. The number of aliphatic imine (C=N–C) groups is 1.